The Morgan fingerprint density at radius 1 is 1.32 bits per heavy atom. The van der Waals surface area contributed by atoms with E-state index in [2.05, 4.69) is 38.6 Å². The number of hydrogen-bond acceptors (Lipinski definition) is 4. The van der Waals surface area contributed by atoms with Gasteiger partial charge < -0.3 is 10.5 Å². The molecule has 0 bridgehead atoms. The predicted octanol–water partition coefficient (Wildman–Crippen LogP) is 2.69. The molecule has 1 atom stereocenters. The maximum Gasteiger partial charge on any atom is 0.140 e. The minimum atomic E-state index is 0.174. The third kappa shape index (κ3) is 2.39. The number of halogens is 1. The molecule has 2 heterocycles. The Balaban J connectivity index is 1.93. The van der Waals surface area contributed by atoms with Crippen LogP contribution in [0.5, 0.6) is 5.75 Å². The van der Waals surface area contributed by atoms with Crippen LogP contribution in [-0.2, 0) is 6.42 Å². The monoisotopic (exact) mass is 367 g/mol. The summed E-state index contributed by atoms with van der Waals surface area (Å²) < 4.78 is 6.71. The van der Waals surface area contributed by atoms with Crippen molar-refractivity contribution in [2.75, 3.05) is 12.3 Å². The molecular weight excluding hydrogens is 353 g/mol. The number of nitrogens with two attached hydrogens (primary N) is 1. The van der Waals surface area contributed by atoms with E-state index in [0.717, 1.165) is 27.3 Å². The van der Waals surface area contributed by atoms with Gasteiger partial charge in [-0.1, -0.05) is 18.2 Å². The third-order valence-corrected chi connectivity index (χ3v) is 4.64. The molecule has 98 valence electrons. The van der Waals surface area contributed by atoms with Crippen molar-refractivity contribution in [3.8, 4) is 5.75 Å². The molecule has 0 aliphatic carbocycles. The van der Waals surface area contributed by atoms with E-state index in [0.29, 0.717) is 12.4 Å². The molecule has 1 aromatic heterocycles. The van der Waals surface area contributed by atoms with Gasteiger partial charge in [0.15, 0.2) is 0 Å². The van der Waals surface area contributed by atoms with Gasteiger partial charge in [0.2, 0.25) is 0 Å². The molecule has 19 heavy (non-hydrogen) atoms. The molecule has 1 aliphatic rings. The van der Waals surface area contributed by atoms with E-state index in [-0.39, 0.29) is 5.92 Å². The summed E-state index contributed by atoms with van der Waals surface area (Å²) in [6.45, 7) is 2.57. The first-order valence-electron chi connectivity index (χ1n) is 6.15. The number of aryl methyl sites for hydroxylation is 1. The largest absolute Gasteiger partial charge is 0.493 e. The van der Waals surface area contributed by atoms with Gasteiger partial charge in [-0.25, -0.2) is 9.97 Å². The van der Waals surface area contributed by atoms with Gasteiger partial charge in [-0.2, -0.15) is 0 Å². The number of fused-ring (bicyclic) bond motifs is 1. The molecule has 0 saturated carbocycles. The smallest absolute Gasteiger partial charge is 0.140 e. The molecule has 2 N–H and O–H groups in total. The highest BCUT2D eigenvalue weighted by atomic mass is 127. The Morgan fingerprint density at radius 3 is 2.89 bits per heavy atom. The molecule has 0 radical (unpaired) electrons. The average molecular weight is 367 g/mol. The summed E-state index contributed by atoms with van der Waals surface area (Å²) in [7, 11) is 0. The summed E-state index contributed by atoms with van der Waals surface area (Å²) in [4.78, 5) is 8.96. The fourth-order valence-electron chi connectivity index (χ4n) is 2.28. The highest BCUT2D eigenvalue weighted by molar-refractivity contribution is 14.1. The maximum absolute atomic E-state index is 5.92. The molecule has 4 nitrogen and oxygen atoms in total. The Labute approximate surface area is 125 Å². The van der Waals surface area contributed by atoms with Crippen molar-refractivity contribution < 1.29 is 4.74 Å². The van der Waals surface area contributed by atoms with Crippen LogP contribution in [0.15, 0.2) is 24.3 Å². The number of anilines is 1. The number of hydrogen-bond donors (Lipinski definition) is 1. The topological polar surface area (TPSA) is 61.0 Å². The van der Waals surface area contributed by atoms with Crippen LogP contribution in [0, 0.1) is 10.5 Å². The molecule has 1 aliphatic heterocycles. The first-order chi connectivity index (χ1) is 9.15. The van der Waals surface area contributed by atoms with Crippen LogP contribution >= 0.6 is 22.6 Å². The second-order valence-electron chi connectivity index (χ2n) is 4.69. The molecule has 1 aromatic carbocycles. The molecule has 0 amide bonds. The summed E-state index contributed by atoms with van der Waals surface area (Å²) in [6, 6.07) is 8.10. The van der Waals surface area contributed by atoms with Gasteiger partial charge in [-0.15, -0.1) is 0 Å². The summed E-state index contributed by atoms with van der Waals surface area (Å²) in [6.07, 6.45) is 0.898. The molecule has 0 spiro atoms. The number of nitrogens with zero attached hydrogens (tertiary/aromatic N) is 2. The van der Waals surface area contributed by atoms with E-state index in [1.54, 1.807) is 0 Å². The first-order valence-corrected chi connectivity index (χ1v) is 7.23. The fourth-order valence-corrected chi connectivity index (χ4v) is 2.52. The van der Waals surface area contributed by atoms with E-state index in [9.17, 15) is 0 Å². The SMILES string of the molecule is Cc1nc(C2COc3ccccc3C2)nc(N)c1I. The van der Waals surface area contributed by atoms with Crippen molar-refractivity contribution in [2.45, 2.75) is 19.3 Å². The second-order valence-corrected chi connectivity index (χ2v) is 5.76. The molecule has 2 aromatic rings. The minimum Gasteiger partial charge on any atom is -0.493 e. The summed E-state index contributed by atoms with van der Waals surface area (Å²) in [5.74, 6) is 2.48. The Bertz CT molecular complexity index is 607. The number of para-hydroxylation sites is 1. The van der Waals surface area contributed by atoms with Gasteiger partial charge in [0.1, 0.15) is 17.4 Å². The van der Waals surface area contributed by atoms with Crippen molar-refractivity contribution >= 4 is 28.4 Å². The molecule has 5 heteroatoms. The lowest BCUT2D eigenvalue weighted by Gasteiger charge is -2.24. The second kappa shape index (κ2) is 4.96. The van der Waals surface area contributed by atoms with Crippen molar-refractivity contribution in [1.82, 2.24) is 9.97 Å². The lowest BCUT2D eigenvalue weighted by atomic mass is 9.96. The van der Waals surface area contributed by atoms with Gasteiger partial charge in [-0.3, -0.25) is 0 Å². The zero-order valence-corrected chi connectivity index (χ0v) is 12.7. The quantitative estimate of drug-likeness (QED) is 0.788. The molecule has 0 fully saturated rings. The molecule has 3 rings (SSSR count). The van der Waals surface area contributed by atoms with E-state index >= 15 is 0 Å². The third-order valence-electron chi connectivity index (χ3n) is 3.30. The van der Waals surface area contributed by atoms with E-state index in [1.807, 2.05) is 25.1 Å². The predicted molar refractivity (Wildman–Crippen MR) is 82.3 cm³/mol. The van der Waals surface area contributed by atoms with Gasteiger partial charge in [-0.05, 0) is 47.6 Å². The van der Waals surface area contributed by atoms with Crippen LogP contribution in [0.3, 0.4) is 0 Å². The molecule has 1 unspecified atom stereocenters. The lowest BCUT2D eigenvalue weighted by Crippen LogP contribution is -2.22. The van der Waals surface area contributed by atoms with Crippen molar-refractivity contribution in [1.29, 1.82) is 0 Å². The lowest BCUT2D eigenvalue weighted by molar-refractivity contribution is 0.257. The van der Waals surface area contributed by atoms with Crippen molar-refractivity contribution in [3.63, 3.8) is 0 Å². The fraction of sp³-hybridized carbons (Fsp3) is 0.286. The number of ether oxygens (including phenoxy) is 1. The van der Waals surface area contributed by atoms with Crippen LogP contribution in [0.4, 0.5) is 5.82 Å². The Morgan fingerprint density at radius 2 is 2.11 bits per heavy atom. The highest BCUT2D eigenvalue weighted by Crippen LogP contribution is 2.31. The average Bonchev–Trinajstić information content (AvgIpc) is 2.43. The van der Waals surface area contributed by atoms with Crippen LogP contribution < -0.4 is 10.5 Å². The Hall–Kier alpha value is -1.37. The number of benzene rings is 1. The van der Waals surface area contributed by atoms with E-state index < -0.39 is 0 Å². The molecule has 0 saturated heterocycles. The van der Waals surface area contributed by atoms with Gasteiger partial charge >= 0.3 is 0 Å². The summed E-state index contributed by atoms with van der Waals surface area (Å²) in [5, 5.41) is 0. The highest BCUT2D eigenvalue weighted by Gasteiger charge is 2.24. The Kier molecular flexibility index (Phi) is 3.30. The maximum atomic E-state index is 5.92. The molecular formula is C14H14IN3O. The number of aromatic nitrogens is 2. The zero-order chi connectivity index (χ0) is 13.4. The van der Waals surface area contributed by atoms with E-state index in [4.69, 9.17) is 10.5 Å². The summed E-state index contributed by atoms with van der Waals surface area (Å²) in [5.41, 5.74) is 8.06. The van der Waals surface area contributed by atoms with Crippen LogP contribution in [0.2, 0.25) is 0 Å². The first kappa shape index (κ1) is 12.7. The van der Waals surface area contributed by atoms with Crippen LogP contribution in [-0.4, -0.2) is 16.6 Å². The standard InChI is InChI=1S/C14H14IN3O/c1-8-12(15)13(16)18-14(17-8)10-6-9-4-2-3-5-11(9)19-7-10/h2-5,10H,6-7H2,1H3,(H2,16,17,18). The minimum absolute atomic E-state index is 0.174. The zero-order valence-electron chi connectivity index (χ0n) is 10.6. The van der Waals surface area contributed by atoms with Gasteiger partial charge in [0.25, 0.3) is 0 Å². The van der Waals surface area contributed by atoms with Crippen molar-refractivity contribution in [3.05, 3.63) is 44.9 Å². The number of nitrogen functional groups attached to an aromatic ring is 1. The van der Waals surface area contributed by atoms with Crippen LogP contribution in [0.1, 0.15) is 23.0 Å². The van der Waals surface area contributed by atoms with E-state index in [1.165, 1.54) is 5.56 Å². The van der Waals surface area contributed by atoms with Gasteiger partial charge in [0, 0.05) is 0 Å². The van der Waals surface area contributed by atoms with Crippen molar-refractivity contribution in [2.24, 2.45) is 0 Å². The summed E-state index contributed by atoms with van der Waals surface area (Å²) >= 11 is 2.18. The normalized spacial score (nSPS) is 17.7. The van der Waals surface area contributed by atoms with Gasteiger partial charge in [0.05, 0.1) is 21.8 Å². The van der Waals surface area contributed by atoms with Crippen LogP contribution in [0.25, 0.3) is 0 Å². The number of rotatable bonds is 1.